The molecule has 0 radical (unpaired) electrons. The molecule has 0 spiro atoms. The number of benzene rings is 1. The Hall–Kier alpha value is -1.55. The van der Waals surface area contributed by atoms with Crippen LogP contribution in [0.1, 0.15) is 13.8 Å². The van der Waals surface area contributed by atoms with Crippen molar-refractivity contribution in [1.82, 2.24) is 14.5 Å². The number of rotatable bonds is 5. The van der Waals surface area contributed by atoms with Crippen LogP contribution in [-0.2, 0) is 19.6 Å². The third-order valence-corrected chi connectivity index (χ3v) is 6.26. The number of carbonyl (C=O) groups is 2. The fourth-order valence-corrected chi connectivity index (χ4v) is 4.59. The van der Waals surface area contributed by atoms with Crippen LogP contribution in [-0.4, -0.2) is 69.0 Å². The highest BCUT2D eigenvalue weighted by molar-refractivity contribution is 7.89. The lowest BCUT2D eigenvalue weighted by Gasteiger charge is -2.35. The lowest BCUT2D eigenvalue weighted by molar-refractivity contribution is -0.134. The molecular weight excluding hydrogens is 417 g/mol. The number of amides is 2. The van der Waals surface area contributed by atoms with E-state index >= 15 is 0 Å². The SMILES string of the molecule is CCOC(=O)N1CCN(C(=O)[C@H](C)NS(=O)(=O)c2cc(Cl)ccc2Cl)CC1. The minimum absolute atomic E-state index is 0.00889. The summed E-state index contributed by atoms with van der Waals surface area (Å²) < 4.78 is 32.3. The fourth-order valence-electron chi connectivity index (χ4n) is 2.63. The summed E-state index contributed by atoms with van der Waals surface area (Å²) in [6.45, 7) is 4.69. The van der Waals surface area contributed by atoms with Crippen molar-refractivity contribution in [3.63, 3.8) is 0 Å². The molecule has 1 aliphatic rings. The van der Waals surface area contributed by atoms with Gasteiger partial charge in [0.1, 0.15) is 4.90 Å². The molecule has 0 bridgehead atoms. The van der Waals surface area contributed by atoms with Gasteiger partial charge >= 0.3 is 6.09 Å². The molecule has 1 N–H and O–H groups in total. The smallest absolute Gasteiger partial charge is 0.409 e. The van der Waals surface area contributed by atoms with E-state index in [9.17, 15) is 18.0 Å². The van der Waals surface area contributed by atoms with E-state index < -0.39 is 22.2 Å². The van der Waals surface area contributed by atoms with Gasteiger partial charge in [-0.15, -0.1) is 0 Å². The first kappa shape index (κ1) is 21.7. The van der Waals surface area contributed by atoms with Gasteiger partial charge in [-0.1, -0.05) is 23.2 Å². The molecule has 1 atom stereocenters. The number of hydrogen-bond donors (Lipinski definition) is 1. The maximum Gasteiger partial charge on any atom is 0.409 e. The topological polar surface area (TPSA) is 96.0 Å². The third-order valence-electron chi connectivity index (χ3n) is 4.00. The predicted molar refractivity (Wildman–Crippen MR) is 101 cm³/mol. The largest absolute Gasteiger partial charge is 0.450 e. The molecule has 1 aliphatic heterocycles. The van der Waals surface area contributed by atoms with Crippen molar-refractivity contribution in [2.24, 2.45) is 0 Å². The Morgan fingerprint density at radius 1 is 1.19 bits per heavy atom. The molecule has 27 heavy (non-hydrogen) atoms. The molecule has 0 aromatic heterocycles. The van der Waals surface area contributed by atoms with Crippen molar-refractivity contribution < 1.29 is 22.7 Å². The van der Waals surface area contributed by atoms with E-state index in [1.54, 1.807) is 6.92 Å². The Morgan fingerprint density at radius 2 is 1.78 bits per heavy atom. The molecule has 0 aliphatic carbocycles. The number of nitrogens with one attached hydrogen (secondary N) is 1. The standard InChI is InChI=1S/C16H21Cl2N3O5S/c1-3-26-16(23)21-8-6-20(7-9-21)15(22)11(2)19-27(24,25)14-10-12(17)4-5-13(14)18/h4-5,10-11,19H,3,6-9H2,1-2H3/t11-/m0/s1. The summed E-state index contributed by atoms with van der Waals surface area (Å²) >= 11 is 11.8. The highest BCUT2D eigenvalue weighted by atomic mass is 35.5. The summed E-state index contributed by atoms with van der Waals surface area (Å²) in [4.78, 5) is 27.1. The second-order valence-corrected chi connectivity index (χ2v) is 8.46. The van der Waals surface area contributed by atoms with Crippen LogP contribution in [0.4, 0.5) is 4.79 Å². The zero-order valence-corrected chi connectivity index (χ0v) is 17.3. The van der Waals surface area contributed by atoms with Crippen LogP contribution in [0.5, 0.6) is 0 Å². The minimum Gasteiger partial charge on any atom is -0.450 e. The van der Waals surface area contributed by atoms with E-state index in [4.69, 9.17) is 27.9 Å². The average molecular weight is 438 g/mol. The van der Waals surface area contributed by atoms with Crippen LogP contribution in [0.2, 0.25) is 10.0 Å². The third kappa shape index (κ3) is 5.47. The van der Waals surface area contributed by atoms with E-state index in [-0.39, 0.29) is 27.5 Å². The summed E-state index contributed by atoms with van der Waals surface area (Å²) in [5.74, 6) is -0.389. The fraction of sp³-hybridized carbons (Fsp3) is 0.500. The van der Waals surface area contributed by atoms with Gasteiger partial charge in [0.25, 0.3) is 0 Å². The van der Waals surface area contributed by atoms with E-state index in [1.807, 2.05) is 0 Å². The van der Waals surface area contributed by atoms with Crippen LogP contribution in [0.3, 0.4) is 0 Å². The molecule has 1 saturated heterocycles. The maximum atomic E-state index is 12.6. The Balaban J connectivity index is 2.00. The highest BCUT2D eigenvalue weighted by Gasteiger charge is 2.30. The van der Waals surface area contributed by atoms with Crippen molar-refractivity contribution in [3.05, 3.63) is 28.2 Å². The highest BCUT2D eigenvalue weighted by Crippen LogP contribution is 2.25. The Morgan fingerprint density at radius 3 is 2.37 bits per heavy atom. The van der Waals surface area contributed by atoms with Crippen LogP contribution >= 0.6 is 23.2 Å². The van der Waals surface area contributed by atoms with Gasteiger partial charge in [-0.25, -0.2) is 13.2 Å². The quantitative estimate of drug-likeness (QED) is 0.759. The lowest BCUT2D eigenvalue weighted by Crippen LogP contribution is -2.55. The van der Waals surface area contributed by atoms with Gasteiger partial charge in [-0.05, 0) is 32.0 Å². The summed E-state index contributed by atoms with van der Waals surface area (Å²) in [6, 6.07) is 3.07. The van der Waals surface area contributed by atoms with E-state index in [0.29, 0.717) is 26.2 Å². The zero-order chi connectivity index (χ0) is 20.2. The van der Waals surface area contributed by atoms with Gasteiger partial charge in [0.2, 0.25) is 15.9 Å². The Kier molecular flexibility index (Phi) is 7.32. The molecule has 2 rings (SSSR count). The van der Waals surface area contributed by atoms with Gasteiger partial charge in [0.05, 0.1) is 17.7 Å². The van der Waals surface area contributed by atoms with Crippen molar-refractivity contribution >= 4 is 45.2 Å². The van der Waals surface area contributed by atoms with E-state index in [2.05, 4.69) is 4.72 Å². The molecule has 8 nitrogen and oxygen atoms in total. The predicted octanol–water partition coefficient (Wildman–Crippen LogP) is 1.96. The van der Waals surface area contributed by atoms with Gasteiger partial charge in [-0.3, -0.25) is 4.79 Å². The number of sulfonamides is 1. The van der Waals surface area contributed by atoms with Crippen LogP contribution in [0, 0.1) is 0 Å². The number of carbonyl (C=O) groups excluding carboxylic acids is 2. The van der Waals surface area contributed by atoms with Crippen molar-refractivity contribution in [2.45, 2.75) is 24.8 Å². The van der Waals surface area contributed by atoms with E-state index in [1.165, 1.54) is 34.9 Å². The number of hydrogen-bond acceptors (Lipinski definition) is 5. The van der Waals surface area contributed by atoms with Crippen molar-refractivity contribution in [3.8, 4) is 0 Å². The van der Waals surface area contributed by atoms with Gasteiger partial charge in [0, 0.05) is 31.2 Å². The molecule has 0 saturated carbocycles. The van der Waals surface area contributed by atoms with E-state index in [0.717, 1.165) is 0 Å². The van der Waals surface area contributed by atoms with Gasteiger partial charge in [-0.2, -0.15) is 4.72 Å². The van der Waals surface area contributed by atoms with Crippen LogP contribution in [0.25, 0.3) is 0 Å². The summed E-state index contributed by atoms with van der Waals surface area (Å²) in [6.07, 6.45) is -0.422. The molecule has 1 heterocycles. The molecule has 1 fully saturated rings. The monoisotopic (exact) mass is 437 g/mol. The molecule has 150 valence electrons. The normalized spacial score (nSPS) is 16.1. The van der Waals surface area contributed by atoms with Crippen molar-refractivity contribution in [2.75, 3.05) is 32.8 Å². The molecule has 1 aromatic rings. The van der Waals surface area contributed by atoms with Crippen molar-refractivity contribution in [1.29, 1.82) is 0 Å². The Bertz CT molecular complexity index is 810. The molecule has 0 unspecified atom stereocenters. The number of ether oxygens (including phenoxy) is 1. The molecule has 11 heteroatoms. The first-order valence-corrected chi connectivity index (χ1v) is 10.6. The second-order valence-electron chi connectivity index (χ2n) is 5.93. The minimum atomic E-state index is -4.03. The summed E-state index contributed by atoms with van der Waals surface area (Å²) in [5.41, 5.74) is 0. The first-order valence-electron chi connectivity index (χ1n) is 8.33. The molecular formula is C16H21Cl2N3O5S. The lowest BCUT2D eigenvalue weighted by atomic mass is 10.2. The molecule has 2 amide bonds. The summed E-state index contributed by atoms with van der Waals surface area (Å²) in [5, 5.41) is 0.225. The number of nitrogens with zero attached hydrogens (tertiary/aromatic N) is 2. The van der Waals surface area contributed by atoms with Crippen LogP contribution in [0.15, 0.2) is 23.1 Å². The second kappa shape index (κ2) is 9.09. The number of halogens is 2. The zero-order valence-electron chi connectivity index (χ0n) is 14.9. The average Bonchev–Trinajstić information content (AvgIpc) is 2.63. The maximum absolute atomic E-state index is 12.6. The first-order chi connectivity index (χ1) is 12.7. The Labute approximate surface area is 168 Å². The van der Waals surface area contributed by atoms with Crippen LogP contribution < -0.4 is 4.72 Å². The van der Waals surface area contributed by atoms with Gasteiger partial charge < -0.3 is 14.5 Å². The summed E-state index contributed by atoms with van der Waals surface area (Å²) in [7, 11) is -4.03. The number of piperazine rings is 1. The van der Waals surface area contributed by atoms with Gasteiger partial charge in [0.15, 0.2) is 0 Å². The molecule has 1 aromatic carbocycles.